The molecule has 0 aliphatic rings. The van der Waals surface area contributed by atoms with E-state index in [4.69, 9.17) is 0 Å². The number of carbonyl (C=O) groups is 1. The minimum Gasteiger partial charge on any atom is -0.319 e. The fourth-order valence-corrected chi connectivity index (χ4v) is 2.56. The number of hydrogen-bond donors (Lipinski definition) is 1. The van der Waals surface area contributed by atoms with Crippen molar-refractivity contribution in [3.63, 3.8) is 0 Å². The molecule has 0 aliphatic heterocycles. The average Bonchev–Trinajstić information content (AvgIpc) is 2.99. The Hall–Kier alpha value is -2.88. The summed E-state index contributed by atoms with van der Waals surface area (Å²) in [6, 6.07) is 13.9. The lowest BCUT2D eigenvalue weighted by Crippen LogP contribution is -2.11. The number of hydrogen-bond acceptors (Lipinski definition) is 2. The highest BCUT2D eigenvalue weighted by atomic mass is 16.1. The van der Waals surface area contributed by atoms with E-state index in [0.29, 0.717) is 17.8 Å². The minimum absolute atomic E-state index is 0.117. The van der Waals surface area contributed by atoms with Crippen molar-refractivity contribution >= 4 is 11.6 Å². The van der Waals surface area contributed by atoms with Crippen molar-refractivity contribution in [2.75, 3.05) is 5.32 Å². The van der Waals surface area contributed by atoms with Gasteiger partial charge in [0.2, 0.25) is 0 Å². The van der Waals surface area contributed by atoms with E-state index >= 15 is 0 Å². The van der Waals surface area contributed by atoms with Crippen LogP contribution in [0.1, 0.15) is 32.6 Å². The van der Waals surface area contributed by atoms with Crippen LogP contribution in [0.25, 0.3) is 0 Å². The van der Waals surface area contributed by atoms with Gasteiger partial charge >= 0.3 is 0 Å². The Balaban J connectivity index is 1.70. The second-order valence-electron chi connectivity index (χ2n) is 6.11. The first-order valence-electron chi connectivity index (χ1n) is 7.98. The van der Waals surface area contributed by atoms with Gasteiger partial charge in [-0.15, -0.1) is 0 Å². The van der Waals surface area contributed by atoms with E-state index in [2.05, 4.69) is 29.5 Å². The van der Waals surface area contributed by atoms with E-state index in [-0.39, 0.29) is 5.91 Å². The smallest absolute Gasteiger partial charge is 0.255 e. The highest BCUT2D eigenvalue weighted by Gasteiger charge is 2.09. The third-order valence-electron chi connectivity index (χ3n) is 4.25. The van der Waals surface area contributed by atoms with Crippen molar-refractivity contribution in [1.29, 1.82) is 0 Å². The quantitative estimate of drug-likeness (QED) is 0.786. The number of nitrogens with one attached hydrogen (secondary N) is 1. The predicted octanol–water partition coefficient (Wildman–Crippen LogP) is 4.11. The highest BCUT2D eigenvalue weighted by molar-refractivity contribution is 6.04. The van der Waals surface area contributed by atoms with Gasteiger partial charge in [0.1, 0.15) is 0 Å². The van der Waals surface area contributed by atoms with E-state index in [0.717, 1.165) is 5.56 Å². The molecule has 3 aromatic rings. The lowest BCUT2D eigenvalue weighted by Gasteiger charge is -2.06. The fraction of sp³-hybridized carbons (Fsp3) is 0.200. The minimum atomic E-state index is -0.117. The van der Waals surface area contributed by atoms with Crippen LogP contribution < -0.4 is 5.32 Å². The Morgan fingerprint density at radius 2 is 1.83 bits per heavy atom. The summed E-state index contributed by atoms with van der Waals surface area (Å²) in [5, 5.41) is 7.24. The number of anilines is 1. The Labute approximate surface area is 142 Å². The third kappa shape index (κ3) is 3.54. The van der Waals surface area contributed by atoms with Gasteiger partial charge in [-0.05, 0) is 55.2 Å². The summed E-state index contributed by atoms with van der Waals surface area (Å²) in [6.45, 7) is 6.81. The molecule has 1 heterocycles. The summed E-state index contributed by atoms with van der Waals surface area (Å²) in [7, 11) is 0. The maximum atomic E-state index is 12.4. The maximum absolute atomic E-state index is 12.4. The first kappa shape index (κ1) is 16.0. The monoisotopic (exact) mass is 319 g/mol. The summed E-state index contributed by atoms with van der Waals surface area (Å²) < 4.78 is 1.83. The average molecular weight is 319 g/mol. The van der Waals surface area contributed by atoms with Crippen molar-refractivity contribution in [3.05, 3.63) is 82.7 Å². The van der Waals surface area contributed by atoms with Gasteiger partial charge in [0.05, 0.1) is 18.4 Å². The molecule has 4 heteroatoms. The molecule has 0 unspecified atom stereocenters. The lowest BCUT2D eigenvalue weighted by molar-refractivity contribution is 0.102. The molecule has 0 fully saturated rings. The van der Waals surface area contributed by atoms with E-state index in [1.807, 2.05) is 55.1 Å². The van der Waals surface area contributed by atoms with Crippen LogP contribution in [-0.2, 0) is 6.54 Å². The number of rotatable bonds is 4. The zero-order valence-electron chi connectivity index (χ0n) is 14.2. The van der Waals surface area contributed by atoms with E-state index in [9.17, 15) is 4.79 Å². The molecular weight excluding hydrogens is 298 g/mol. The molecule has 0 spiro atoms. The molecule has 0 saturated carbocycles. The maximum Gasteiger partial charge on any atom is 0.255 e. The first-order chi connectivity index (χ1) is 11.5. The molecule has 1 N–H and O–H groups in total. The number of amides is 1. The molecular formula is C20H21N3O. The summed E-state index contributed by atoms with van der Waals surface area (Å²) in [5.41, 5.74) is 6.09. The summed E-state index contributed by atoms with van der Waals surface area (Å²) in [4.78, 5) is 12.4. The summed E-state index contributed by atoms with van der Waals surface area (Å²) >= 11 is 0. The Bertz CT molecular complexity index is 880. The zero-order chi connectivity index (χ0) is 17.1. The van der Waals surface area contributed by atoms with Crippen LogP contribution in [0.5, 0.6) is 0 Å². The molecule has 1 amide bonds. The second-order valence-corrected chi connectivity index (χ2v) is 6.11. The van der Waals surface area contributed by atoms with Crippen LogP contribution in [0.3, 0.4) is 0 Å². The molecule has 0 saturated heterocycles. The molecule has 4 nitrogen and oxygen atoms in total. The van der Waals surface area contributed by atoms with Crippen LogP contribution in [-0.4, -0.2) is 15.7 Å². The fourth-order valence-electron chi connectivity index (χ4n) is 2.56. The summed E-state index contributed by atoms with van der Waals surface area (Å²) in [6.07, 6.45) is 3.53. The molecule has 2 aromatic carbocycles. The molecule has 122 valence electrons. The van der Waals surface area contributed by atoms with E-state index < -0.39 is 0 Å². The van der Waals surface area contributed by atoms with Crippen molar-refractivity contribution < 1.29 is 4.79 Å². The Morgan fingerprint density at radius 3 is 2.58 bits per heavy atom. The number of benzene rings is 2. The molecule has 1 aromatic heterocycles. The Kier molecular flexibility index (Phi) is 4.47. The van der Waals surface area contributed by atoms with Crippen molar-refractivity contribution in [1.82, 2.24) is 9.78 Å². The molecule has 0 radical (unpaired) electrons. The van der Waals surface area contributed by atoms with Crippen LogP contribution in [0, 0.1) is 20.8 Å². The number of aromatic nitrogens is 2. The zero-order valence-corrected chi connectivity index (χ0v) is 14.2. The molecule has 0 atom stereocenters. The van der Waals surface area contributed by atoms with Crippen molar-refractivity contribution in [2.45, 2.75) is 27.3 Å². The van der Waals surface area contributed by atoms with Gasteiger partial charge in [-0.1, -0.05) is 30.3 Å². The largest absolute Gasteiger partial charge is 0.319 e. The van der Waals surface area contributed by atoms with E-state index in [1.165, 1.54) is 16.7 Å². The van der Waals surface area contributed by atoms with Gasteiger partial charge in [0, 0.05) is 11.8 Å². The lowest BCUT2D eigenvalue weighted by atomic mass is 10.1. The SMILES string of the molecule is Cc1ccc(C(=O)Nc2cnn(Cc3ccccc3C)c2)cc1C. The Morgan fingerprint density at radius 1 is 1.04 bits per heavy atom. The van der Waals surface area contributed by atoms with Gasteiger partial charge in [-0.2, -0.15) is 5.10 Å². The normalized spacial score (nSPS) is 10.6. The number of nitrogens with zero attached hydrogens (tertiary/aromatic N) is 2. The van der Waals surface area contributed by atoms with Crippen molar-refractivity contribution in [3.8, 4) is 0 Å². The molecule has 24 heavy (non-hydrogen) atoms. The standard InChI is InChI=1S/C20H21N3O/c1-14-8-9-17(10-16(14)3)20(24)22-19-11-21-23(13-19)12-18-7-5-4-6-15(18)2/h4-11,13H,12H2,1-3H3,(H,22,24). The van der Waals surface area contributed by atoms with Gasteiger partial charge in [-0.3, -0.25) is 9.48 Å². The van der Waals surface area contributed by atoms with Crippen LogP contribution in [0.15, 0.2) is 54.9 Å². The van der Waals surface area contributed by atoms with Crippen LogP contribution >= 0.6 is 0 Å². The first-order valence-corrected chi connectivity index (χ1v) is 7.98. The van der Waals surface area contributed by atoms with Gasteiger partial charge in [0.15, 0.2) is 0 Å². The van der Waals surface area contributed by atoms with Crippen LogP contribution in [0.2, 0.25) is 0 Å². The molecule has 0 aliphatic carbocycles. The number of carbonyl (C=O) groups excluding carboxylic acids is 1. The second kappa shape index (κ2) is 6.71. The van der Waals surface area contributed by atoms with Gasteiger partial charge < -0.3 is 5.32 Å². The number of aryl methyl sites for hydroxylation is 3. The van der Waals surface area contributed by atoms with Gasteiger partial charge in [-0.25, -0.2) is 0 Å². The third-order valence-corrected chi connectivity index (χ3v) is 4.25. The topological polar surface area (TPSA) is 46.9 Å². The van der Waals surface area contributed by atoms with Crippen molar-refractivity contribution in [2.24, 2.45) is 0 Å². The predicted molar refractivity (Wildman–Crippen MR) is 96.4 cm³/mol. The van der Waals surface area contributed by atoms with E-state index in [1.54, 1.807) is 6.20 Å². The molecule has 0 bridgehead atoms. The molecule has 3 rings (SSSR count). The summed E-state index contributed by atoms with van der Waals surface area (Å²) in [5.74, 6) is -0.117. The van der Waals surface area contributed by atoms with Crippen LogP contribution in [0.4, 0.5) is 5.69 Å². The van der Waals surface area contributed by atoms with Gasteiger partial charge in [0.25, 0.3) is 5.91 Å². The highest BCUT2D eigenvalue weighted by Crippen LogP contribution is 2.14.